The van der Waals surface area contributed by atoms with E-state index in [0.717, 1.165) is 18.4 Å². The molecule has 0 amide bonds. The van der Waals surface area contributed by atoms with Crippen molar-refractivity contribution in [1.82, 2.24) is 0 Å². The molecule has 0 heterocycles. The van der Waals surface area contributed by atoms with E-state index in [1.807, 2.05) is 13.0 Å². The highest BCUT2D eigenvalue weighted by atomic mass is 16.4. The van der Waals surface area contributed by atoms with Crippen molar-refractivity contribution >= 4 is 5.97 Å². The van der Waals surface area contributed by atoms with Gasteiger partial charge in [-0.1, -0.05) is 19.1 Å². The first kappa shape index (κ1) is 11.0. The fourth-order valence-corrected chi connectivity index (χ4v) is 2.38. The molecule has 0 unspecified atom stereocenters. The van der Waals surface area contributed by atoms with E-state index in [4.69, 9.17) is 5.11 Å². The van der Waals surface area contributed by atoms with Crippen LogP contribution in [-0.4, -0.2) is 16.2 Å². The normalized spacial score (nSPS) is 19.1. The summed E-state index contributed by atoms with van der Waals surface area (Å²) in [7, 11) is 0. The van der Waals surface area contributed by atoms with Gasteiger partial charge in [0.15, 0.2) is 0 Å². The minimum Gasteiger partial charge on any atom is -0.508 e. The number of hydrogen-bond donors (Lipinski definition) is 2. The number of carboxylic acids is 1. The van der Waals surface area contributed by atoms with E-state index in [1.54, 1.807) is 18.2 Å². The molecule has 0 aromatic heterocycles. The molecule has 1 aromatic rings. The van der Waals surface area contributed by atoms with Crippen LogP contribution in [0.1, 0.15) is 31.7 Å². The Morgan fingerprint density at radius 3 is 2.69 bits per heavy atom. The highest BCUT2D eigenvalue weighted by Crippen LogP contribution is 2.49. The summed E-state index contributed by atoms with van der Waals surface area (Å²) in [5.74, 6) is -0.141. The number of phenols is 1. The van der Waals surface area contributed by atoms with Crippen molar-refractivity contribution in [2.45, 2.75) is 31.6 Å². The average Bonchev–Trinajstić information content (AvgIpc) is 2.99. The Bertz CT molecular complexity index is 409. The van der Waals surface area contributed by atoms with Crippen LogP contribution in [0.25, 0.3) is 0 Å². The zero-order valence-electron chi connectivity index (χ0n) is 9.31. The fourth-order valence-electron chi connectivity index (χ4n) is 2.38. The third kappa shape index (κ3) is 2.03. The van der Waals surface area contributed by atoms with E-state index >= 15 is 0 Å². The summed E-state index contributed by atoms with van der Waals surface area (Å²) in [5, 5.41) is 18.5. The van der Waals surface area contributed by atoms with Gasteiger partial charge in [0.25, 0.3) is 0 Å². The van der Waals surface area contributed by atoms with Crippen LogP contribution in [-0.2, 0) is 10.2 Å². The van der Waals surface area contributed by atoms with Gasteiger partial charge in [-0.2, -0.15) is 0 Å². The molecule has 1 saturated carbocycles. The van der Waals surface area contributed by atoms with Crippen molar-refractivity contribution in [2.75, 3.05) is 0 Å². The lowest BCUT2D eigenvalue weighted by atomic mass is 9.75. The molecule has 1 aliphatic rings. The standard InChI is InChI=1S/C13H16O3/c1-13(8-12(15)16,9-5-6-9)10-3-2-4-11(14)7-10/h2-4,7,9,14H,5-6,8H2,1H3,(H,15,16)/t13-/m0/s1. The predicted molar refractivity (Wildman–Crippen MR) is 60.4 cm³/mol. The van der Waals surface area contributed by atoms with Crippen LogP contribution in [0.3, 0.4) is 0 Å². The van der Waals surface area contributed by atoms with Crippen molar-refractivity contribution in [3.05, 3.63) is 29.8 Å². The van der Waals surface area contributed by atoms with E-state index in [1.165, 1.54) is 0 Å². The Kier molecular flexibility index (Phi) is 2.62. The van der Waals surface area contributed by atoms with Gasteiger partial charge in [-0.25, -0.2) is 0 Å². The molecule has 2 rings (SSSR count). The van der Waals surface area contributed by atoms with E-state index in [9.17, 15) is 9.90 Å². The van der Waals surface area contributed by atoms with Crippen LogP contribution < -0.4 is 0 Å². The second-order valence-electron chi connectivity index (χ2n) is 4.81. The summed E-state index contributed by atoms with van der Waals surface area (Å²) in [6.45, 7) is 1.98. The summed E-state index contributed by atoms with van der Waals surface area (Å²) in [4.78, 5) is 10.9. The SMILES string of the molecule is C[C@@](CC(=O)O)(c1cccc(O)c1)C1CC1. The van der Waals surface area contributed by atoms with Gasteiger partial charge in [-0.3, -0.25) is 4.79 Å². The number of phenolic OH excluding ortho intramolecular Hbond substituents is 1. The van der Waals surface area contributed by atoms with E-state index < -0.39 is 5.97 Å². The van der Waals surface area contributed by atoms with Crippen molar-refractivity contribution in [1.29, 1.82) is 0 Å². The molecule has 1 aromatic carbocycles. The molecule has 0 aliphatic heterocycles. The molecule has 1 fully saturated rings. The molecule has 3 heteroatoms. The third-order valence-corrected chi connectivity index (χ3v) is 3.50. The molecule has 0 bridgehead atoms. The van der Waals surface area contributed by atoms with Crippen molar-refractivity contribution in [3.8, 4) is 5.75 Å². The van der Waals surface area contributed by atoms with Gasteiger partial charge in [-0.05, 0) is 36.5 Å². The Labute approximate surface area is 94.7 Å². The van der Waals surface area contributed by atoms with E-state index in [2.05, 4.69) is 0 Å². The number of hydrogen-bond acceptors (Lipinski definition) is 2. The fraction of sp³-hybridized carbons (Fsp3) is 0.462. The molecule has 1 aliphatic carbocycles. The van der Waals surface area contributed by atoms with Crippen LogP contribution in [0.2, 0.25) is 0 Å². The summed E-state index contributed by atoms with van der Waals surface area (Å²) >= 11 is 0. The largest absolute Gasteiger partial charge is 0.508 e. The summed E-state index contributed by atoms with van der Waals surface area (Å²) in [5.41, 5.74) is 0.585. The monoisotopic (exact) mass is 220 g/mol. The molecular weight excluding hydrogens is 204 g/mol. The van der Waals surface area contributed by atoms with Crippen LogP contribution in [0.15, 0.2) is 24.3 Å². The molecule has 0 saturated heterocycles. The van der Waals surface area contributed by atoms with Gasteiger partial charge < -0.3 is 10.2 Å². The molecule has 1 atom stereocenters. The molecule has 0 spiro atoms. The summed E-state index contributed by atoms with van der Waals surface area (Å²) < 4.78 is 0. The highest BCUT2D eigenvalue weighted by molar-refractivity contribution is 5.69. The topological polar surface area (TPSA) is 57.5 Å². The maximum Gasteiger partial charge on any atom is 0.304 e. The van der Waals surface area contributed by atoms with Gasteiger partial charge in [0.1, 0.15) is 5.75 Å². The van der Waals surface area contributed by atoms with E-state index in [0.29, 0.717) is 5.92 Å². The first-order chi connectivity index (χ1) is 7.52. The first-order valence-electron chi connectivity index (χ1n) is 5.53. The van der Waals surface area contributed by atoms with E-state index in [-0.39, 0.29) is 17.6 Å². The van der Waals surface area contributed by atoms with Crippen LogP contribution in [0.4, 0.5) is 0 Å². The predicted octanol–water partition coefficient (Wildman–Crippen LogP) is 2.53. The van der Waals surface area contributed by atoms with Crippen molar-refractivity contribution < 1.29 is 15.0 Å². The van der Waals surface area contributed by atoms with Gasteiger partial charge in [0.2, 0.25) is 0 Å². The Balaban J connectivity index is 2.34. The van der Waals surface area contributed by atoms with Gasteiger partial charge >= 0.3 is 5.97 Å². The smallest absolute Gasteiger partial charge is 0.304 e. The highest BCUT2D eigenvalue weighted by Gasteiger charge is 2.44. The van der Waals surface area contributed by atoms with Gasteiger partial charge in [0, 0.05) is 5.41 Å². The maximum absolute atomic E-state index is 10.9. The lowest BCUT2D eigenvalue weighted by molar-refractivity contribution is -0.138. The summed E-state index contributed by atoms with van der Waals surface area (Å²) in [6, 6.07) is 6.97. The second kappa shape index (κ2) is 3.81. The Morgan fingerprint density at radius 1 is 1.50 bits per heavy atom. The Hall–Kier alpha value is -1.51. The van der Waals surface area contributed by atoms with Gasteiger partial charge in [-0.15, -0.1) is 0 Å². The number of aliphatic carboxylic acids is 1. The second-order valence-corrected chi connectivity index (χ2v) is 4.81. The molecule has 0 radical (unpaired) electrons. The molecule has 2 N–H and O–H groups in total. The van der Waals surface area contributed by atoms with Gasteiger partial charge in [0.05, 0.1) is 6.42 Å². The maximum atomic E-state index is 10.9. The van der Waals surface area contributed by atoms with Crippen molar-refractivity contribution in [2.24, 2.45) is 5.92 Å². The molecule has 16 heavy (non-hydrogen) atoms. The minimum atomic E-state index is -0.780. The number of rotatable bonds is 4. The van der Waals surface area contributed by atoms with Crippen LogP contribution in [0.5, 0.6) is 5.75 Å². The number of benzene rings is 1. The Morgan fingerprint density at radius 2 is 2.19 bits per heavy atom. The van der Waals surface area contributed by atoms with Crippen LogP contribution >= 0.6 is 0 Å². The number of carboxylic acid groups (broad SMARTS) is 1. The lowest BCUT2D eigenvalue weighted by Gasteiger charge is -2.28. The average molecular weight is 220 g/mol. The molecular formula is C13H16O3. The number of carbonyl (C=O) groups is 1. The lowest BCUT2D eigenvalue weighted by Crippen LogP contribution is -2.28. The van der Waals surface area contributed by atoms with Crippen LogP contribution in [0, 0.1) is 5.92 Å². The summed E-state index contributed by atoms with van der Waals surface area (Å²) in [6.07, 6.45) is 2.29. The molecule has 3 nitrogen and oxygen atoms in total. The number of aromatic hydroxyl groups is 1. The minimum absolute atomic E-state index is 0.126. The zero-order valence-corrected chi connectivity index (χ0v) is 9.31. The third-order valence-electron chi connectivity index (χ3n) is 3.50. The first-order valence-corrected chi connectivity index (χ1v) is 5.53. The molecule has 86 valence electrons. The quantitative estimate of drug-likeness (QED) is 0.819. The zero-order chi connectivity index (χ0) is 11.8. The van der Waals surface area contributed by atoms with Crippen molar-refractivity contribution in [3.63, 3.8) is 0 Å².